The van der Waals surface area contributed by atoms with Crippen molar-refractivity contribution in [3.05, 3.63) is 46.3 Å². The molecule has 1 unspecified atom stereocenters. The van der Waals surface area contributed by atoms with Crippen molar-refractivity contribution in [2.24, 2.45) is 5.73 Å². The van der Waals surface area contributed by atoms with E-state index in [4.69, 9.17) is 21.9 Å². The minimum atomic E-state index is -0.792. The van der Waals surface area contributed by atoms with Gasteiger partial charge in [-0.05, 0) is 18.2 Å². The average molecular weight is 270 g/mol. The Hall–Kier alpha value is -1.46. The van der Waals surface area contributed by atoms with Gasteiger partial charge < -0.3 is 10.3 Å². The highest BCUT2D eigenvalue weighted by atomic mass is 35.5. The summed E-state index contributed by atoms with van der Waals surface area (Å²) >= 11 is 5.82. The highest BCUT2D eigenvalue weighted by Crippen LogP contribution is 2.24. The monoisotopic (exact) mass is 269 g/mol. The molecule has 1 atom stereocenters. The molecule has 2 aromatic rings. The molecule has 0 saturated carbocycles. The number of rotatable bonds is 3. The van der Waals surface area contributed by atoms with Gasteiger partial charge in [0.2, 0.25) is 5.89 Å². The van der Waals surface area contributed by atoms with Gasteiger partial charge in [-0.25, -0.2) is 4.39 Å². The lowest BCUT2D eigenvalue weighted by Gasteiger charge is -2.08. The Morgan fingerprint density at radius 2 is 2.11 bits per heavy atom. The van der Waals surface area contributed by atoms with Gasteiger partial charge in [0, 0.05) is 16.5 Å². The maximum absolute atomic E-state index is 13.6. The van der Waals surface area contributed by atoms with Crippen LogP contribution in [0.1, 0.15) is 43.1 Å². The van der Waals surface area contributed by atoms with Crippen LogP contribution in [0.4, 0.5) is 4.39 Å². The van der Waals surface area contributed by atoms with Crippen LogP contribution in [0.2, 0.25) is 5.02 Å². The summed E-state index contributed by atoms with van der Waals surface area (Å²) in [6.07, 6.45) is 0. The Labute approximate surface area is 109 Å². The Balaban J connectivity index is 2.34. The molecule has 0 aliphatic heterocycles. The minimum absolute atomic E-state index is 0.0997. The van der Waals surface area contributed by atoms with Gasteiger partial charge >= 0.3 is 0 Å². The van der Waals surface area contributed by atoms with Crippen molar-refractivity contribution >= 4 is 11.6 Å². The van der Waals surface area contributed by atoms with Crippen molar-refractivity contribution in [2.75, 3.05) is 0 Å². The summed E-state index contributed by atoms with van der Waals surface area (Å²) in [7, 11) is 0. The molecular weight excluding hydrogens is 257 g/mol. The van der Waals surface area contributed by atoms with Gasteiger partial charge in [0.1, 0.15) is 5.82 Å². The second-order valence-corrected chi connectivity index (χ2v) is 4.73. The molecule has 0 spiro atoms. The van der Waals surface area contributed by atoms with Crippen LogP contribution in [0.3, 0.4) is 0 Å². The van der Waals surface area contributed by atoms with Crippen LogP contribution in [0.15, 0.2) is 22.7 Å². The highest BCUT2D eigenvalue weighted by molar-refractivity contribution is 6.30. The fourth-order valence-corrected chi connectivity index (χ4v) is 1.68. The topological polar surface area (TPSA) is 64.9 Å². The van der Waals surface area contributed by atoms with E-state index in [1.165, 1.54) is 18.2 Å². The van der Waals surface area contributed by atoms with Gasteiger partial charge in [-0.15, -0.1) is 0 Å². The molecule has 0 saturated heterocycles. The normalized spacial score (nSPS) is 13.0. The van der Waals surface area contributed by atoms with Gasteiger partial charge in [-0.3, -0.25) is 0 Å². The quantitative estimate of drug-likeness (QED) is 0.930. The minimum Gasteiger partial charge on any atom is -0.339 e. The van der Waals surface area contributed by atoms with Crippen LogP contribution in [0.5, 0.6) is 0 Å². The van der Waals surface area contributed by atoms with E-state index in [0.717, 1.165) is 0 Å². The van der Waals surface area contributed by atoms with Gasteiger partial charge in [0.05, 0.1) is 6.04 Å². The van der Waals surface area contributed by atoms with Crippen LogP contribution >= 0.6 is 11.6 Å². The molecule has 1 aromatic heterocycles. The number of hydrogen-bond acceptors (Lipinski definition) is 4. The van der Waals surface area contributed by atoms with E-state index in [2.05, 4.69) is 10.1 Å². The Kier molecular flexibility index (Phi) is 3.63. The zero-order valence-corrected chi connectivity index (χ0v) is 10.8. The average Bonchev–Trinajstić information content (AvgIpc) is 2.81. The van der Waals surface area contributed by atoms with Gasteiger partial charge in [-0.1, -0.05) is 30.6 Å². The lowest BCUT2D eigenvalue weighted by molar-refractivity contribution is 0.359. The van der Waals surface area contributed by atoms with Crippen LogP contribution in [-0.4, -0.2) is 10.1 Å². The van der Waals surface area contributed by atoms with Crippen molar-refractivity contribution in [3.63, 3.8) is 0 Å². The standard InChI is InChI=1S/C12H13ClFN3O/c1-6(2)12-16-11(17-18-12)10(15)8-5-7(13)3-4-9(8)14/h3-6,10H,15H2,1-2H3. The summed E-state index contributed by atoms with van der Waals surface area (Å²) in [5, 5.41) is 4.18. The molecule has 4 nitrogen and oxygen atoms in total. The zero-order valence-electron chi connectivity index (χ0n) is 10.0. The van der Waals surface area contributed by atoms with E-state index in [9.17, 15) is 4.39 Å². The van der Waals surface area contributed by atoms with Crippen LogP contribution < -0.4 is 5.73 Å². The number of benzene rings is 1. The fourth-order valence-electron chi connectivity index (χ4n) is 1.50. The predicted molar refractivity (Wildman–Crippen MR) is 65.8 cm³/mol. The second kappa shape index (κ2) is 5.04. The summed E-state index contributed by atoms with van der Waals surface area (Å²) in [4.78, 5) is 4.14. The smallest absolute Gasteiger partial charge is 0.229 e. The first-order chi connectivity index (χ1) is 8.49. The number of aromatic nitrogens is 2. The van der Waals surface area contributed by atoms with Gasteiger partial charge in [-0.2, -0.15) is 4.98 Å². The van der Waals surface area contributed by atoms with Crippen LogP contribution in [-0.2, 0) is 0 Å². The number of nitrogens with zero attached hydrogens (tertiary/aromatic N) is 2. The van der Waals surface area contributed by atoms with E-state index >= 15 is 0 Å². The zero-order chi connectivity index (χ0) is 13.3. The third-order valence-electron chi connectivity index (χ3n) is 2.52. The number of halogens is 2. The summed E-state index contributed by atoms with van der Waals surface area (Å²) in [6, 6.07) is 3.40. The van der Waals surface area contributed by atoms with Crippen LogP contribution in [0, 0.1) is 5.82 Å². The second-order valence-electron chi connectivity index (χ2n) is 4.29. The molecule has 0 fully saturated rings. The first kappa shape index (κ1) is 13.0. The number of hydrogen-bond donors (Lipinski definition) is 1. The van der Waals surface area contributed by atoms with Crippen LogP contribution in [0.25, 0.3) is 0 Å². The summed E-state index contributed by atoms with van der Waals surface area (Å²) in [5.41, 5.74) is 6.16. The van der Waals surface area contributed by atoms with Gasteiger partial charge in [0.25, 0.3) is 0 Å². The molecule has 18 heavy (non-hydrogen) atoms. The molecule has 0 aliphatic carbocycles. The lowest BCUT2D eigenvalue weighted by atomic mass is 10.1. The Morgan fingerprint density at radius 1 is 1.39 bits per heavy atom. The molecule has 0 radical (unpaired) electrons. The van der Waals surface area contributed by atoms with Gasteiger partial charge in [0.15, 0.2) is 5.82 Å². The molecule has 96 valence electrons. The molecule has 2 rings (SSSR count). The molecule has 0 amide bonds. The summed E-state index contributed by atoms with van der Waals surface area (Å²) in [6.45, 7) is 3.84. The summed E-state index contributed by atoms with van der Waals surface area (Å²) in [5.74, 6) is 0.383. The highest BCUT2D eigenvalue weighted by Gasteiger charge is 2.20. The maximum Gasteiger partial charge on any atom is 0.229 e. The lowest BCUT2D eigenvalue weighted by Crippen LogP contribution is -2.15. The number of nitrogens with two attached hydrogens (primary N) is 1. The maximum atomic E-state index is 13.6. The fraction of sp³-hybridized carbons (Fsp3) is 0.333. The molecule has 1 aromatic carbocycles. The third-order valence-corrected chi connectivity index (χ3v) is 2.76. The van der Waals surface area contributed by atoms with E-state index in [-0.39, 0.29) is 17.3 Å². The van der Waals surface area contributed by atoms with E-state index in [0.29, 0.717) is 10.9 Å². The van der Waals surface area contributed by atoms with Crippen molar-refractivity contribution in [1.82, 2.24) is 10.1 Å². The predicted octanol–water partition coefficient (Wildman–Crippen LogP) is 3.03. The summed E-state index contributed by atoms with van der Waals surface area (Å²) < 4.78 is 18.7. The van der Waals surface area contributed by atoms with E-state index in [1.807, 2.05) is 13.8 Å². The third kappa shape index (κ3) is 2.52. The first-order valence-electron chi connectivity index (χ1n) is 5.53. The Morgan fingerprint density at radius 3 is 2.72 bits per heavy atom. The van der Waals surface area contributed by atoms with Crippen molar-refractivity contribution < 1.29 is 8.91 Å². The SMILES string of the molecule is CC(C)c1nc(C(N)c2cc(Cl)ccc2F)no1. The van der Waals surface area contributed by atoms with E-state index in [1.54, 1.807) is 0 Å². The molecule has 1 heterocycles. The largest absolute Gasteiger partial charge is 0.339 e. The molecular formula is C12H13ClFN3O. The van der Waals surface area contributed by atoms with Crippen molar-refractivity contribution in [1.29, 1.82) is 0 Å². The van der Waals surface area contributed by atoms with Crippen molar-refractivity contribution in [2.45, 2.75) is 25.8 Å². The molecule has 0 aliphatic rings. The molecule has 6 heteroatoms. The first-order valence-corrected chi connectivity index (χ1v) is 5.91. The van der Waals surface area contributed by atoms with E-state index < -0.39 is 11.9 Å². The molecule has 0 bridgehead atoms. The van der Waals surface area contributed by atoms with Crippen molar-refractivity contribution in [3.8, 4) is 0 Å². The molecule has 2 N–H and O–H groups in total. The Bertz CT molecular complexity index is 556.